The van der Waals surface area contributed by atoms with Gasteiger partial charge in [-0.15, -0.1) is 11.3 Å². The first-order chi connectivity index (χ1) is 11.2. The number of rotatable bonds is 4. The van der Waals surface area contributed by atoms with Gasteiger partial charge < -0.3 is 9.47 Å². The van der Waals surface area contributed by atoms with Crippen molar-refractivity contribution in [2.75, 3.05) is 14.2 Å². The highest BCUT2D eigenvalue weighted by Crippen LogP contribution is 2.33. The van der Waals surface area contributed by atoms with Gasteiger partial charge in [-0.05, 0) is 50.0 Å². The first-order valence-corrected chi connectivity index (χ1v) is 8.39. The largest absolute Gasteiger partial charge is 0.497 e. The maximum absolute atomic E-state index is 9.57. The molecule has 0 amide bonds. The van der Waals surface area contributed by atoms with Crippen LogP contribution >= 0.6 is 11.3 Å². The SMILES string of the molecule is COc1ccc(OC)c(/C=C(\C#N)c2nc3c(s2)CCCC3)c1. The van der Waals surface area contributed by atoms with Crippen LogP contribution in [0.1, 0.15) is 34.0 Å². The van der Waals surface area contributed by atoms with Gasteiger partial charge in [-0.25, -0.2) is 4.98 Å². The van der Waals surface area contributed by atoms with E-state index in [0.717, 1.165) is 34.9 Å². The molecule has 118 valence electrons. The lowest BCUT2D eigenvalue weighted by Crippen LogP contribution is -1.99. The fraction of sp³-hybridized carbons (Fsp3) is 0.333. The van der Waals surface area contributed by atoms with E-state index in [0.29, 0.717) is 11.3 Å². The van der Waals surface area contributed by atoms with Crippen molar-refractivity contribution in [3.05, 3.63) is 39.3 Å². The molecule has 0 fully saturated rings. The van der Waals surface area contributed by atoms with E-state index in [1.54, 1.807) is 25.6 Å². The van der Waals surface area contributed by atoms with E-state index in [9.17, 15) is 5.26 Å². The number of aryl methyl sites for hydroxylation is 2. The highest BCUT2D eigenvalue weighted by Gasteiger charge is 2.17. The van der Waals surface area contributed by atoms with E-state index in [4.69, 9.17) is 9.47 Å². The fourth-order valence-electron chi connectivity index (χ4n) is 2.72. The van der Waals surface area contributed by atoms with E-state index < -0.39 is 0 Å². The lowest BCUT2D eigenvalue weighted by atomic mass is 10.0. The Balaban J connectivity index is 2.02. The van der Waals surface area contributed by atoms with Gasteiger partial charge in [-0.3, -0.25) is 0 Å². The number of fused-ring (bicyclic) bond motifs is 1. The van der Waals surface area contributed by atoms with Crippen LogP contribution in [0.25, 0.3) is 11.6 Å². The van der Waals surface area contributed by atoms with E-state index >= 15 is 0 Å². The molecule has 0 unspecified atom stereocenters. The highest BCUT2D eigenvalue weighted by atomic mass is 32.1. The number of nitriles is 1. The van der Waals surface area contributed by atoms with Gasteiger partial charge in [-0.1, -0.05) is 0 Å². The Bertz CT molecular complexity index is 763. The van der Waals surface area contributed by atoms with Gasteiger partial charge in [0.05, 0.1) is 25.5 Å². The van der Waals surface area contributed by atoms with Gasteiger partial charge in [0.2, 0.25) is 0 Å². The Morgan fingerprint density at radius 3 is 2.78 bits per heavy atom. The van der Waals surface area contributed by atoms with Gasteiger partial charge in [-0.2, -0.15) is 5.26 Å². The topological polar surface area (TPSA) is 55.1 Å². The monoisotopic (exact) mass is 326 g/mol. The summed E-state index contributed by atoms with van der Waals surface area (Å²) in [5.41, 5.74) is 2.54. The minimum Gasteiger partial charge on any atom is -0.497 e. The normalized spacial score (nSPS) is 14.0. The van der Waals surface area contributed by atoms with E-state index in [1.165, 1.54) is 17.7 Å². The molecule has 0 radical (unpaired) electrons. The lowest BCUT2D eigenvalue weighted by molar-refractivity contribution is 0.402. The van der Waals surface area contributed by atoms with Crippen LogP contribution in [0.4, 0.5) is 0 Å². The number of benzene rings is 1. The summed E-state index contributed by atoms with van der Waals surface area (Å²) in [6.45, 7) is 0. The highest BCUT2D eigenvalue weighted by molar-refractivity contribution is 7.13. The number of nitrogens with zero attached hydrogens (tertiary/aromatic N) is 2. The molecule has 1 aromatic carbocycles. The van der Waals surface area contributed by atoms with Gasteiger partial charge >= 0.3 is 0 Å². The van der Waals surface area contributed by atoms with Crippen molar-refractivity contribution in [2.24, 2.45) is 0 Å². The predicted octanol–water partition coefficient (Wildman–Crippen LogP) is 4.10. The molecule has 0 atom stereocenters. The molecular weight excluding hydrogens is 308 g/mol. The Morgan fingerprint density at radius 1 is 1.26 bits per heavy atom. The average molecular weight is 326 g/mol. The number of allylic oxidation sites excluding steroid dienone is 1. The Hall–Kier alpha value is -2.32. The number of hydrogen-bond acceptors (Lipinski definition) is 5. The molecule has 0 spiro atoms. The summed E-state index contributed by atoms with van der Waals surface area (Å²) in [7, 11) is 3.24. The first-order valence-electron chi connectivity index (χ1n) is 7.58. The number of aromatic nitrogens is 1. The second-order valence-electron chi connectivity index (χ2n) is 5.37. The zero-order chi connectivity index (χ0) is 16.2. The van der Waals surface area contributed by atoms with Gasteiger partial charge in [0.25, 0.3) is 0 Å². The van der Waals surface area contributed by atoms with Crippen LogP contribution in [0.15, 0.2) is 18.2 Å². The predicted molar refractivity (Wildman–Crippen MR) is 91.8 cm³/mol. The second kappa shape index (κ2) is 6.84. The molecule has 4 nitrogen and oxygen atoms in total. The zero-order valence-electron chi connectivity index (χ0n) is 13.3. The molecule has 1 heterocycles. The van der Waals surface area contributed by atoms with Crippen LogP contribution in [0, 0.1) is 11.3 Å². The van der Waals surface area contributed by atoms with Crippen molar-refractivity contribution >= 4 is 23.0 Å². The maximum atomic E-state index is 9.57. The minimum atomic E-state index is 0.566. The standard InChI is InChI=1S/C18H18N2O2S/c1-21-14-7-8-16(22-2)12(10-14)9-13(11-19)18-20-15-5-3-4-6-17(15)23-18/h7-10H,3-6H2,1-2H3/b13-9+. The summed E-state index contributed by atoms with van der Waals surface area (Å²) in [6.07, 6.45) is 6.32. The summed E-state index contributed by atoms with van der Waals surface area (Å²) >= 11 is 1.64. The summed E-state index contributed by atoms with van der Waals surface area (Å²) < 4.78 is 10.6. The first kappa shape index (κ1) is 15.6. The summed E-state index contributed by atoms with van der Waals surface area (Å²) in [5, 5.41) is 10.4. The summed E-state index contributed by atoms with van der Waals surface area (Å²) in [4.78, 5) is 6.00. The van der Waals surface area contributed by atoms with Crippen molar-refractivity contribution in [1.82, 2.24) is 4.98 Å². The summed E-state index contributed by atoms with van der Waals surface area (Å²) in [6, 6.07) is 7.82. The molecule has 23 heavy (non-hydrogen) atoms. The molecule has 1 aliphatic carbocycles. The average Bonchev–Trinajstić information content (AvgIpc) is 3.03. The molecule has 3 rings (SSSR count). The van der Waals surface area contributed by atoms with Crippen LogP contribution < -0.4 is 9.47 Å². The fourth-order valence-corrected chi connectivity index (χ4v) is 3.83. The van der Waals surface area contributed by atoms with Crippen LogP contribution in [-0.2, 0) is 12.8 Å². The van der Waals surface area contributed by atoms with E-state index in [-0.39, 0.29) is 0 Å². The van der Waals surface area contributed by atoms with Crippen molar-refractivity contribution in [3.63, 3.8) is 0 Å². The quantitative estimate of drug-likeness (QED) is 0.794. The second-order valence-corrected chi connectivity index (χ2v) is 6.46. The molecular formula is C18H18N2O2S. The number of thiazole rings is 1. The maximum Gasteiger partial charge on any atom is 0.134 e. The third-order valence-electron chi connectivity index (χ3n) is 3.93. The van der Waals surface area contributed by atoms with E-state index in [1.807, 2.05) is 24.3 Å². The Morgan fingerprint density at radius 2 is 2.09 bits per heavy atom. The smallest absolute Gasteiger partial charge is 0.134 e. The zero-order valence-corrected chi connectivity index (χ0v) is 14.1. The van der Waals surface area contributed by atoms with Crippen molar-refractivity contribution in [2.45, 2.75) is 25.7 Å². The molecule has 5 heteroatoms. The molecule has 0 bridgehead atoms. The van der Waals surface area contributed by atoms with Crippen molar-refractivity contribution < 1.29 is 9.47 Å². The molecule has 1 aliphatic rings. The molecule has 2 aromatic rings. The third-order valence-corrected chi connectivity index (χ3v) is 5.12. The van der Waals surface area contributed by atoms with Crippen LogP contribution in [0.3, 0.4) is 0 Å². The van der Waals surface area contributed by atoms with Gasteiger partial charge in [0.1, 0.15) is 22.6 Å². The van der Waals surface area contributed by atoms with Crippen LogP contribution in [0.2, 0.25) is 0 Å². The number of ether oxygens (including phenoxy) is 2. The molecule has 0 saturated heterocycles. The third kappa shape index (κ3) is 3.22. The van der Waals surface area contributed by atoms with Crippen LogP contribution in [-0.4, -0.2) is 19.2 Å². The van der Waals surface area contributed by atoms with Crippen LogP contribution in [0.5, 0.6) is 11.5 Å². The van der Waals surface area contributed by atoms with Gasteiger partial charge in [0, 0.05) is 10.4 Å². The Kier molecular flexibility index (Phi) is 4.63. The molecule has 0 saturated carbocycles. The lowest BCUT2D eigenvalue weighted by Gasteiger charge is -2.07. The van der Waals surface area contributed by atoms with Crippen molar-refractivity contribution in [3.8, 4) is 17.6 Å². The van der Waals surface area contributed by atoms with Gasteiger partial charge in [0.15, 0.2) is 0 Å². The Labute approximate surface area is 140 Å². The molecule has 1 aromatic heterocycles. The molecule has 0 N–H and O–H groups in total. The number of methoxy groups -OCH3 is 2. The summed E-state index contributed by atoms with van der Waals surface area (Å²) in [5.74, 6) is 1.44. The van der Waals surface area contributed by atoms with Crippen molar-refractivity contribution in [1.29, 1.82) is 5.26 Å². The molecule has 0 aliphatic heterocycles. The minimum absolute atomic E-state index is 0.566. The van der Waals surface area contributed by atoms with E-state index in [2.05, 4.69) is 11.1 Å². The number of hydrogen-bond donors (Lipinski definition) is 0.